The average molecular weight is 258 g/mol. The maximum atomic E-state index is 12.1. The van der Waals surface area contributed by atoms with Gasteiger partial charge in [0.1, 0.15) is 11.6 Å². The van der Waals surface area contributed by atoms with Gasteiger partial charge < -0.3 is 10.7 Å². The van der Waals surface area contributed by atoms with E-state index < -0.39 is 0 Å². The Morgan fingerprint density at radius 1 is 1.16 bits per heavy atom. The highest BCUT2D eigenvalue weighted by Crippen LogP contribution is 2.20. The van der Waals surface area contributed by atoms with Gasteiger partial charge in [0.25, 0.3) is 5.56 Å². The van der Waals surface area contributed by atoms with Gasteiger partial charge in [0.2, 0.25) is 0 Å². The molecule has 100 valence electrons. The summed E-state index contributed by atoms with van der Waals surface area (Å²) >= 11 is 0. The molecule has 0 unspecified atom stereocenters. The van der Waals surface area contributed by atoms with Crippen molar-refractivity contribution < 1.29 is 0 Å². The fourth-order valence-electron chi connectivity index (χ4n) is 2.17. The van der Waals surface area contributed by atoms with Gasteiger partial charge in [-0.2, -0.15) is 0 Å². The van der Waals surface area contributed by atoms with Crippen molar-refractivity contribution in [3.05, 3.63) is 39.4 Å². The zero-order valence-corrected chi connectivity index (χ0v) is 11.6. The van der Waals surface area contributed by atoms with Crippen LogP contribution in [-0.2, 0) is 0 Å². The first kappa shape index (κ1) is 13.3. The molecule has 5 nitrogen and oxygen atoms in total. The maximum absolute atomic E-state index is 12.1. The number of H-pyrrole nitrogens is 1. The molecule has 2 heterocycles. The SMILES string of the molecule is Cc1cc(-c2nc(N)c(C(C)C)c(=O)[nH]2)cc(C)n1. The fraction of sp³-hybridized carbons (Fsp3) is 0.357. The molecule has 0 fully saturated rings. The number of hydrogen-bond acceptors (Lipinski definition) is 4. The van der Waals surface area contributed by atoms with Gasteiger partial charge in [0.15, 0.2) is 0 Å². The van der Waals surface area contributed by atoms with Crippen molar-refractivity contribution in [2.75, 3.05) is 5.73 Å². The molecule has 0 radical (unpaired) electrons. The molecule has 2 aromatic rings. The lowest BCUT2D eigenvalue weighted by atomic mass is 10.1. The van der Waals surface area contributed by atoms with E-state index in [4.69, 9.17) is 5.73 Å². The van der Waals surface area contributed by atoms with Crippen molar-refractivity contribution in [2.45, 2.75) is 33.6 Å². The van der Waals surface area contributed by atoms with Crippen LogP contribution in [0.25, 0.3) is 11.4 Å². The predicted molar refractivity (Wildman–Crippen MR) is 76.1 cm³/mol. The molecule has 3 N–H and O–H groups in total. The first-order valence-electron chi connectivity index (χ1n) is 6.24. The van der Waals surface area contributed by atoms with E-state index in [-0.39, 0.29) is 11.5 Å². The Morgan fingerprint density at radius 3 is 2.21 bits per heavy atom. The summed E-state index contributed by atoms with van der Waals surface area (Å²) in [5.74, 6) is 0.826. The minimum absolute atomic E-state index is 0.0474. The third-order valence-corrected chi connectivity index (χ3v) is 2.92. The number of nitrogens with zero attached hydrogens (tertiary/aromatic N) is 2. The zero-order chi connectivity index (χ0) is 14.2. The summed E-state index contributed by atoms with van der Waals surface area (Å²) in [6, 6.07) is 3.75. The van der Waals surface area contributed by atoms with E-state index >= 15 is 0 Å². The van der Waals surface area contributed by atoms with E-state index in [1.54, 1.807) is 0 Å². The zero-order valence-electron chi connectivity index (χ0n) is 11.6. The minimum Gasteiger partial charge on any atom is -0.383 e. The van der Waals surface area contributed by atoms with Crippen LogP contribution >= 0.6 is 0 Å². The van der Waals surface area contributed by atoms with Crippen LogP contribution < -0.4 is 11.3 Å². The monoisotopic (exact) mass is 258 g/mol. The van der Waals surface area contributed by atoms with E-state index in [0.717, 1.165) is 17.0 Å². The largest absolute Gasteiger partial charge is 0.383 e. The first-order valence-corrected chi connectivity index (χ1v) is 6.24. The summed E-state index contributed by atoms with van der Waals surface area (Å²) in [4.78, 5) is 23.5. The Morgan fingerprint density at radius 2 is 1.74 bits per heavy atom. The summed E-state index contributed by atoms with van der Waals surface area (Å²) in [6.45, 7) is 7.65. The molecule has 0 saturated carbocycles. The van der Waals surface area contributed by atoms with Crippen LogP contribution in [0.4, 0.5) is 5.82 Å². The van der Waals surface area contributed by atoms with Crippen molar-refractivity contribution >= 4 is 5.82 Å². The molecule has 0 bridgehead atoms. The van der Waals surface area contributed by atoms with E-state index in [1.807, 2.05) is 39.8 Å². The lowest BCUT2D eigenvalue weighted by Crippen LogP contribution is -2.19. The van der Waals surface area contributed by atoms with Gasteiger partial charge in [-0.3, -0.25) is 9.78 Å². The number of nitrogens with two attached hydrogens (primary N) is 1. The molecule has 0 amide bonds. The van der Waals surface area contributed by atoms with Crippen LogP contribution in [0.5, 0.6) is 0 Å². The van der Waals surface area contributed by atoms with Crippen LogP contribution in [0.3, 0.4) is 0 Å². The normalized spacial score (nSPS) is 11.0. The van der Waals surface area contributed by atoms with Gasteiger partial charge in [-0.25, -0.2) is 4.98 Å². The van der Waals surface area contributed by atoms with Crippen molar-refractivity contribution in [1.82, 2.24) is 15.0 Å². The molecular formula is C14H18N4O. The number of hydrogen-bond donors (Lipinski definition) is 2. The lowest BCUT2D eigenvalue weighted by molar-refractivity contribution is 0.837. The molecule has 0 aliphatic heterocycles. The minimum atomic E-state index is -0.176. The molecule has 0 aliphatic rings. The van der Waals surface area contributed by atoms with Crippen LogP contribution in [-0.4, -0.2) is 15.0 Å². The number of aryl methyl sites for hydroxylation is 2. The summed E-state index contributed by atoms with van der Waals surface area (Å²) in [6.07, 6.45) is 0. The van der Waals surface area contributed by atoms with Crippen molar-refractivity contribution in [3.8, 4) is 11.4 Å². The number of aromatic amines is 1. The highest BCUT2D eigenvalue weighted by Gasteiger charge is 2.13. The highest BCUT2D eigenvalue weighted by atomic mass is 16.1. The van der Waals surface area contributed by atoms with E-state index in [2.05, 4.69) is 15.0 Å². The molecule has 2 rings (SSSR count). The van der Waals surface area contributed by atoms with E-state index in [0.29, 0.717) is 17.2 Å². The van der Waals surface area contributed by atoms with Crippen molar-refractivity contribution in [2.24, 2.45) is 0 Å². The van der Waals surface area contributed by atoms with Crippen molar-refractivity contribution in [3.63, 3.8) is 0 Å². The Balaban J connectivity index is 2.62. The van der Waals surface area contributed by atoms with Gasteiger partial charge in [-0.15, -0.1) is 0 Å². The summed E-state index contributed by atoms with van der Waals surface area (Å²) in [5.41, 5.74) is 8.83. The van der Waals surface area contributed by atoms with Gasteiger partial charge >= 0.3 is 0 Å². The Kier molecular flexibility index (Phi) is 3.38. The second-order valence-corrected chi connectivity index (χ2v) is 5.01. The third kappa shape index (κ3) is 2.65. The molecule has 0 aromatic carbocycles. The molecule has 0 aliphatic carbocycles. The standard InChI is InChI=1S/C14H18N4O/c1-7(2)11-12(15)17-13(18-14(11)19)10-5-8(3)16-9(4)6-10/h5-7H,1-4H3,(H3,15,17,18,19). The number of anilines is 1. The number of rotatable bonds is 2. The van der Waals surface area contributed by atoms with Crippen LogP contribution in [0, 0.1) is 13.8 Å². The highest BCUT2D eigenvalue weighted by molar-refractivity contribution is 5.58. The Hall–Kier alpha value is -2.17. The number of pyridine rings is 1. The number of nitrogens with one attached hydrogen (secondary N) is 1. The maximum Gasteiger partial charge on any atom is 0.256 e. The average Bonchev–Trinajstić information content (AvgIpc) is 2.25. The molecule has 5 heteroatoms. The van der Waals surface area contributed by atoms with Gasteiger partial charge in [0, 0.05) is 17.0 Å². The van der Waals surface area contributed by atoms with Crippen LogP contribution in [0.15, 0.2) is 16.9 Å². The Labute approximate surface area is 111 Å². The van der Waals surface area contributed by atoms with Crippen LogP contribution in [0.2, 0.25) is 0 Å². The third-order valence-electron chi connectivity index (χ3n) is 2.92. The second kappa shape index (κ2) is 4.84. The molecule has 0 spiro atoms. The molecule has 0 saturated heterocycles. The Bertz CT molecular complexity index is 653. The first-order chi connectivity index (χ1) is 8.88. The fourth-order valence-corrected chi connectivity index (χ4v) is 2.17. The van der Waals surface area contributed by atoms with Crippen LogP contribution in [0.1, 0.15) is 36.7 Å². The summed E-state index contributed by atoms with van der Waals surface area (Å²) in [7, 11) is 0. The second-order valence-electron chi connectivity index (χ2n) is 5.01. The lowest BCUT2D eigenvalue weighted by Gasteiger charge is -2.10. The van der Waals surface area contributed by atoms with E-state index in [1.165, 1.54) is 0 Å². The summed E-state index contributed by atoms with van der Waals surface area (Å²) < 4.78 is 0. The number of aromatic nitrogens is 3. The molecule has 0 atom stereocenters. The number of nitrogen functional groups attached to an aromatic ring is 1. The van der Waals surface area contributed by atoms with Crippen molar-refractivity contribution in [1.29, 1.82) is 0 Å². The van der Waals surface area contributed by atoms with Gasteiger partial charge in [-0.05, 0) is 31.9 Å². The quantitative estimate of drug-likeness (QED) is 0.864. The molecular weight excluding hydrogens is 240 g/mol. The molecule has 19 heavy (non-hydrogen) atoms. The summed E-state index contributed by atoms with van der Waals surface area (Å²) in [5, 5.41) is 0. The van der Waals surface area contributed by atoms with E-state index in [9.17, 15) is 4.79 Å². The van der Waals surface area contributed by atoms with Gasteiger partial charge in [-0.1, -0.05) is 13.8 Å². The predicted octanol–water partition coefficient (Wildman–Crippen LogP) is 2.15. The smallest absolute Gasteiger partial charge is 0.256 e. The molecule has 2 aromatic heterocycles. The topological polar surface area (TPSA) is 84.7 Å². The van der Waals surface area contributed by atoms with Gasteiger partial charge in [0.05, 0.1) is 5.56 Å².